The predicted octanol–water partition coefficient (Wildman–Crippen LogP) is 6.50. The van der Waals surface area contributed by atoms with Crippen LogP contribution in [0.3, 0.4) is 0 Å². The van der Waals surface area contributed by atoms with E-state index >= 15 is 0 Å². The highest BCUT2D eigenvalue weighted by atomic mass is 35.5. The molecule has 6 rings (SSSR count). The summed E-state index contributed by atoms with van der Waals surface area (Å²) >= 11 is 14.1. The summed E-state index contributed by atoms with van der Waals surface area (Å²) in [5, 5.41) is 21.7. The first-order valence-electron chi connectivity index (χ1n) is 16.1. The maximum atomic E-state index is 13.2. The lowest BCUT2D eigenvalue weighted by molar-refractivity contribution is -0.119. The standard InChI is InChI=1S/C35H37Cl2N7O6/c1-35(2,3)50-34(48)43(18-21-12-14-28(45)38-21)17-20-11-13-26(39-32(20)49-4)24-9-5-7-22(29(24)36)23-8-6-10-25(30(23)37)31-41-40-27-19-42(33(46)47)15-16-44(27)31/h5-11,13,21H,12,14-19H2,1-4H3,(H,38,45)(H,46,47)/t21-/m0/s1. The molecule has 1 fully saturated rings. The van der Waals surface area contributed by atoms with Gasteiger partial charge in [0.25, 0.3) is 0 Å². The number of amides is 3. The molecule has 0 radical (unpaired) electrons. The number of pyridine rings is 1. The van der Waals surface area contributed by atoms with E-state index in [1.54, 1.807) is 25.7 Å². The van der Waals surface area contributed by atoms with E-state index in [4.69, 9.17) is 37.7 Å². The van der Waals surface area contributed by atoms with Crippen LogP contribution in [-0.4, -0.2) is 84.6 Å². The maximum Gasteiger partial charge on any atom is 0.410 e. The molecule has 50 heavy (non-hydrogen) atoms. The number of aromatic nitrogens is 4. The number of fused-ring (bicyclic) bond motifs is 1. The van der Waals surface area contributed by atoms with Crippen molar-refractivity contribution in [3.8, 4) is 39.7 Å². The van der Waals surface area contributed by atoms with Gasteiger partial charge in [0.05, 0.1) is 35.9 Å². The number of hydrogen-bond acceptors (Lipinski definition) is 8. The van der Waals surface area contributed by atoms with Gasteiger partial charge in [-0.2, -0.15) is 0 Å². The van der Waals surface area contributed by atoms with Gasteiger partial charge in [0.2, 0.25) is 11.8 Å². The zero-order valence-corrected chi connectivity index (χ0v) is 29.6. The quantitative estimate of drug-likeness (QED) is 0.208. The van der Waals surface area contributed by atoms with Gasteiger partial charge in [0.15, 0.2) is 11.6 Å². The number of rotatable bonds is 8. The van der Waals surface area contributed by atoms with E-state index in [-0.39, 0.29) is 31.6 Å². The Bertz CT molecular complexity index is 1960. The summed E-state index contributed by atoms with van der Waals surface area (Å²) in [5.74, 6) is 1.35. The molecular formula is C35H37Cl2N7O6. The normalized spacial score (nSPS) is 15.8. The molecule has 0 aliphatic carbocycles. The zero-order valence-electron chi connectivity index (χ0n) is 28.1. The molecule has 3 amide bonds. The van der Waals surface area contributed by atoms with Crippen molar-refractivity contribution < 1.29 is 29.0 Å². The van der Waals surface area contributed by atoms with Crippen LogP contribution in [-0.2, 0) is 29.2 Å². The summed E-state index contributed by atoms with van der Waals surface area (Å²) in [4.78, 5) is 44.2. The Kier molecular flexibility index (Phi) is 9.90. The maximum absolute atomic E-state index is 13.2. The Morgan fingerprint density at radius 2 is 1.68 bits per heavy atom. The lowest BCUT2D eigenvalue weighted by atomic mass is 9.98. The highest BCUT2D eigenvalue weighted by Crippen LogP contribution is 2.42. The molecule has 4 aromatic rings. The van der Waals surface area contributed by atoms with Gasteiger partial charge in [-0.15, -0.1) is 10.2 Å². The monoisotopic (exact) mass is 721 g/mol. The van der Waals surface area contributed by atoms with Crippen molar-refractivity contribution >= 4 is 41.3 Å². The van der Waals surface area contributed by atoms with Crippen LogP contribution in [0.2, 0.25) is 10.0 Å². The summed E-state index contributed by atoms with van der Waals surface area (Å²) in [6, 6.07) is 14.6. The second-order valence-corrected chi connectivity index (χ2v) is 13.9. The third-order valence-electron chi connectivity index (χ3n) is 8.50. The molecule has 4 heterocycles. The first-order valence-corrected chi connectivity index (χ1v) is 16.9. The van der Waals surface area contributed by atoms with Crippen molar-refractivity contribution in [1.82, 2.24) is 34.9 Å². The van der Waals surface area contributed by atoms with Gasteiger partial charge in [-0.05, 0) is 45.4 Å². The molecule has 0 unspecified atom stereocenters. The highest BCUT2D eigenvalue weighted by molar-refractivity contribution is 6.39. The topological polar surface area (TPSA) is 152 Å². The van der Waals surface area contributed by atoms with Crippen LogP contribution in [0.5, 0.6) is 5.88 Å². The summed E-state index contributed by atoms with van der Waals surface area (Å²) in [5.41, 5.74) is 3.12. The molecule has 1 saturated heterocycles. The number of halogens is 2. The first kappa shape index (κ1) is 35.0. The SMILES string of the molecule is COc1nc(-c2cccc(-c3cccc(-c4nnc5n4CCN(C(=O)O)C5)c3Cl)c2Cl)ccc1CN(C[C@@H]1CCC(=O)N1)C(=O)OC(C)(C)C. The van der Waals surface area contributed by atoms with Gasteiger partial charge in [-0.1, -0.05) is 53.5 Å². The van der Waals surface area contributed by atoms with Crippen LogP contribution in [0.25, 0.3) is 33.8 Å². The smallest absolute Gasteiger partial charge is 0.410 e. The third kappa shape index (κ3) is 7.34. The van der Waals surface area contributed by atoms with Crippen molar-refractivity contribution in [1.29, 1.82) is 0 Å². The Morgan fingerprint density at radius 3 is 2.32 bits per heavy atom. The minimum absolute atomic E-state index is 0.0404. The number of carboxylic acid groups (broad SMARTS) is 1. The highest BCUT2D eigenvalue weighted by Gasteiger charge is 2.30. The molecule has 0 saturated carbocycles. The molecule has 2 aromatic carbocycles. The number of hydrogen-bond donors (Lipinski definition) is 2. The zero-order chi connectivity index (χ0) is 35.7. The van der Waals surface area contributed by atoms with Crippen LogP contribution < -0.4 is 10.1 Å². The molecule has 2 N–H and O–H groups in total. The van der Waals surface area contributed by atoms with Crippen molar-refractivity contribution in [3.05, 3.63) is 70.0 Å². The van der Waals surface area contributed by atoms with Crippen LogP contribution in [0.4, 0.5) is 9.59 Å². The lowest BCUT2D eigenvalue weighted by Gasteiger charge is -2.29. The van der Waals surface area contributed by atoms with E-state index in [2.05, 4.69) is 15.5 Å². The Balaban J connectivity index is 1.29. The molecule has 15 heteroatoms. The summed E-state index contributed by atoms with van der Waals surface area (Å²) < 4.78 is 13.3. The fourth-order valence-electron chi connectivity index (χ4n) is 6.10. The second kappa shape index (κ2) is 14.2. The summed E-state index contributed by atoms with van der Waals surface area (Å²) in [6.07, 6.45) is -0.470. The largest absolute Gasteiger partial charge is 0.481 e. The molecule has 0 bridgehead atoms. The first-order chi connectivity index (χ1) is 23.8. The number of carbonyl (C=O) groups excluding carboxylic acids is 2. The lowest BCUT2D eigenvalue weighted by Crippen LogP contribution is -2.43. The van der Waals surface area contributed by atoms with Crippen LogP contribution in [0.15, 0.2) is 48.5 Å². The number of ether oxygens (including phenoxy) is 2. The predicted molar refractivity (Wildman–Crippen MR) is 187 cm³/mol. The van der Waals surface area contributed by atoms with Crippen LogP contribution >= 0.6 is 23.2 Å². The fraction of sp³-hybridized carbons (Fsp3) is 0.371. The van der Waals surface area contributed by atoms with Gasteiger partial charge >= 0.3 is 12.2 Å². The van der Waals surface area contributed by atoms with Gasteiger partial charge in [-0.3, -0.25) is 9.69 Å². The third-order valence-corrected chi connectivity index (χ3v) is 9.31. The number of carbonyl (C=O) groups is 3. The van der Waals surface area contributed by atoms with Gasteiger partial charge < -0.3 is 29.4 Å². The molecule has 2 aliphatic heterocycles. The van der Waals surface area contributed by atoms with Crippen molar-refractivity contribution in [2.24, 2.45) is 0 Å². The van der Waals surface area contributed by atoms with E-state index in [9.17, 15) is 19.5 Å². The Morgan fingerprint density at radius 1 is 1.00 bits per heavy atom. The van der Waals surface area contributed by atoms with Gasteiger partial charge in [0.1, 0.15) is 5.60 Å². The molecule has 13 nitrogen and oxygen atoms in total. The molecule has 262 valence electrons. The Hall–Kier alpha value is -4.88. The number of nitrogens with zero attached hydrogens (tertiary/aromatic N) is 6. The van der Waals surface area contributed by atoms with E-state index in [0.29, 0.717) is 87.0 Å². The van der Waals surface area contributed by atoms with Crippen molar-refractivity contribution in [2.75, 3.05) is 20.2 Å². The Labute approximate surface area is 299 Å². The molecular weight excluding hydrogens is 685 g/mol. The van der Waals surface area contributed by atoms with Crippen molar-refractivity contribution in [3.63, 3.8) is 0 Å². The van der Waals surface area contributed by atoms with Gasteiger partial charge in [-0.25, -0.2) is 14.6 Å². The van der Waals surface area contributed by atoms with E-state index in [1.165, 1.54) is 12.0 Å². The minimum atomic E-state index is -1.00. The minimum Gasteiger partial charge on any atom is -0.481 e. The van der Waals surface area contributed by atoms with E-state index in [0.717, 1.165) is 0 Å². The number of methoxy groups -OCH3 is 1. The van der Waals surface area contributed by atoms with E-state index < -0.39 is 17.8 Å². The molecule has 2 aromatic heterocycles. The average Bonchev–Trinajstić information content (AvgIpc) is 3.69. The number of nitrogens with one attached hydrogen (secondary N) is 1. The molecule has 1 atom stereocenters. The van der Waals surface area contributed by atoms with Crippen LogP contribution in [0.1, 0.15) is 45.0 Å². The van der Waals surface area contributed by atoms with Crippen molar-refractivity contribution in [2.45, 2.75) is 64.9 Å². The molecule has 0 spiro atoms. The molecule has 2 aliphatic rings. The fourth-order valence-corrected chi connectivity index (χ4v) is 6.74. The summed E-state index contributed by atoms with van der Waals surface area (Å²) in [6.45, 7) is 6.68. The number of benzene rings is 2. The van der Waals surface area contributed by atoms with Gasteiger partial charge in [0, 0.05) is 59.9 Å². The second-order valence-electron chi connectivity index (χ2n) is 13.2. The van der Waals surface area contributed by atoms with Crippen LogP contribution in [0, 0.1) is 0 Å². The average molecular weight is 723 g/mol. The van der Waals surface area contributed by atoms with E-state index in [1.807, 2.05) is 53.1 Å². The summed E-state index contributed by atoms with van der Waals surface area (Å²) in [7, 11) is 1.51.